The summed E-state index contributed by atoms with van der Waals surface area (Å²) in [7, 11) is 0. The van der Waals surface area contributed by atoms with Crippen molar-refractivity contribution in [2.24, 2.45) is 11.8 Å². The summed E-state index contributed by atoms with van der Waals surface area (Å²) in [6.45, 7) is 2.11. The fourth-order valence-corrected chi connectivity index (χ4v) is 4.10. The highest BCUT2D eigenvalue weighted by atomic mass is 79.9. The van der Waals surface area contributed by atoms with Crippen LogP contribution in [0.4, 0.5) is 0 Å². The molecule has 2 bridgehead atoms. The smallest absolute Gasteiger partial charge is 0.147 e. The third-order valence-electron chi connectivity index (χ3n) is 4.30. The Morgan fingerprint density at radius 3 is 2.71 bits per heavy atom. The zero-order chi connectivity index (χ0) is 12.0. The first-order valence-electron chi connectivity index (χ1n) is 6.40. The normalized spacial score (nSPS) is 31.1. The van der Waals surface area contributed by atoms with E-state index in [4.69, 9.17) is 16.6 Å². The number of hydrogen-bond acceptors (Lipinski definition) is 2. The third-order valence-corrected chi connectivity index (χ3v) is 5.64. The van der Waals surface area contributed by atoms with Gasteiger partial charge in [0.2, 0.25) is 0 Å². The van der Waals surface area contributed by atoms with E-state index in [2.05, 4.69) is 27.8 Å². The van der Waals surface area contributed by atoms with Crippen molar-refractivity contribution >= 4 is 27.5 Å². The minimum absolute atomic E-state index is 0.560. The standard InChI is InChI=1S/C13H16BrClN2/c1-2-10-11(14)12(15)17-13(16-10)9-6-7-3-4-8(9)5-7/h7-9H,2-6H2,1H3. The summed E-state index contributed by atoms with van der Waals surface area (Å²) in [5.41, 5.74) is 1.04. The molecule has 0 spiro atoms. The van der Waals surface area contributed by atoms with Crippen LogP contribution in [0.15, 0.2) is 4.47 Å². The molecule has 0 radical (unpaired) electrons. The van der Waals surface area contributed by atoms with Gasteiger partial charge in [-0.2, -0.15) is 0 Å². The van der Waals surface area contributed by atoms with Gasteiger partial charge in [-0.1, -0.05) is 24.9 Å². The molecule has 1 aromatic heterocycles. The fourth-order valence-electron chi connectivity index (χ4n) is 3.44. The van der Waals surface area contributed by atoms with Crippen LogP contribution in [0.25, 0.3) is 0 Å². The highest BCUT2D eigenvalue weighted by Gasteiger charge is 2.41. The van der Waals surface area contributed by atoms with E-state index < -0.39 is 0 Å². The molecule has 2 nitrogen and oxygen atoms in total. The predicted octanol–water partition coefficient (Wildman–Crippen LogP) is 4.36. The first-order valence-corrected chi connectivity index (χ1v) is 7.58. The maximum atomic E-state index is 6.18. The SMILES string of the molecule is CCc1nc(C2CC3CCC2C3)nc(Cl)c1Br. The molecule has 0 saturated heterocycles. The summed E-state index contributed by atoms with van der Waals surface area (Å²) < 4.78 is 0.869. The first kappa shape index (κ1) is 11.9. The van der Waals surface area contributed by atoms with E-state index in [1.165, 1.54) is 25.7 Å². The lowest BCUT2D eigenvalue weighted by atomic mass is 9.88. The maximum Gasteiger partial charge on any atom is 0.147 e. The molecule has 3 rings (SSSR count). The molecule has 0 N–H and O–H groups in total. The van der Waals surface area contributed by atoms with Crippen LogP contribution in [-0.4, -0.2) is 9.97 Å². The topological polar surface area (TPSA) is 25.8 Å². The van der Waals surface area contributed by atoms with Crippen LogP contribution in [0.2, 0.25) is 5.15 Å². The second kappa shape index (κ2) is 4.51. The van der Waals surface area contributed by atoms with Gasteiger partial charge in [-0.25, -0.2) is 9.97 Å². The molecular weight excluding hydrogens is 300 g/mol. The van der Waals surface area contributed by atoms with Gasteiger partial charge in [0.25, 0.3) is 0 Å². The van der Waals surface area contributed by atoms with E-state index in [-0.39, 0.29) is 0 Å². The van der Waals surface area contributed by atoms with E-state index in [1.807, 2.05) is 0 Å². The van der Waals surface area contributed by atoms with Gasteiger partial charge in [-0.3, -0.25) is 0 Å². The van der Waals surface area contributed by atoms with Gasteiger partial charge in [0.1, 0.15) is 11.0 Å². The largest absolute Gasteiger partial charge is 0.236 e. The lowest BCUT2D eigenvalue weighted by Gasteiger charge is -2.21. The average Bonchev–Trinajstić information content (AvgIpc) is 2.94. The van der Waals surface area contributed by atoms with Crippen LogP contribution < -0.4 is 0 Å². The Labute approximate surface area is 115 Å². The molecule has 2 aliphatic carbocycles. The van der Waals surface area contributed by atoms with Gasteiger partial charge in [0.05, 0.1) is 10.2 Å². The number of nitrogens with zero attached hydrogens (tertiary/aromatic N) is 2. The van der Waals surface area contributed by atoms with Crippen molar-refractivity contribution in [3.8, 4) is 0 Å². The van der Waals surface area contributed by atoms with Crippen LogP contribution in [0.1, 0.15) is 50.0 Å². The summed E-state index contributed by atoms with van der Waals surface area (Å²) in [6.07, 6.45) is 6.31. The Morgan fingerprint density at radius 1 is 1.29 bits per heavy atom. The zero-order valence-corrected chi connectivity index (χ0v) is 12.3. The molecule has 4 heteroatoms. The molecule has 2 saturated carbocycles. The Bertz CT molecular complexity index is 449. The summed E-state index contributed by atoms with van der Waals surface area (Å²) in [6, 6.07) is 0. The molecule has 1 aromatic rings. The van der Waals surface area contributed by atoms with Crippen molar-refractivity contribution < 1.29 is 0 Å². The van der Waals surface area contributed by atoms with Crippen LogP contribution in [0.3, 0.4) is 0 Å². The summed E-state index contributed by atoms with van der Waals surface area (Å²) in [4.78, 5) is 9.20. The van der Waals surface area contributed by atoms with E-state index in [9.17, 15) is 0 Å². The molecule has 0 amide bonds. The van der Waals surface area contributed by atoms with Crippen molar-refractivity contribution in [1.29, 1.82) is 0 Å². The second-order valence-electron chi connectivity index (χ2n) is 5.27. The second-order valence-corrected chi connectivity index (χ2v) is 6.42. The van der Waals surface area contributed by atoms with Crippen molar-refractivity contribution in [1.82, 2.24) is 9.97 Å². The Morgan fingerprint density at radius 2 is 2.12 bits per heavy atom. The van der Waals surface area contributed by atoms with Gasteiger partial charge >= 0.3 is 0 Å². The van der Waals surface area contributed by atoms with Crippen LogP contribution in [-0.2, 0) is 6.42 Å². The van der Waals surface area contributed by atoms with E-state index in [0.717, 1.165) is 34.2 Å². The average molecular weight is 316 g/mol. The summed E-state index contributed by atoms with van der Waals surface area (Å²) >= 11 is 9.65. The molecule has 0 aliphatic heterocycles. The van der Waals surface area contributed by atoms with E-state index in [1.54, 1.807) is 0 Å². The Hall–Kier alpha value is -0.150. The number of halogens is 2. The monoisotopic (exact) mass is 314 g/mol. The molecule has 2 fully saturated rings. The molecule has 1 heterocycles. The van der Waals surface area contributed by atoms with Gasteiger partial charge in [-0.05, 0) is 53.4 Å². The molecule has 3 unspecified atom stereocenters. The van der Waals surface area contributed by atoms with Crippen molar-refractivity contribution in [2.45, 2.75) is 44.9 Å². The highest BCUT2D eigenvalue weighted by Crippen LogP contribution is 2.52. The van der Waals surface area contributed by atoms with E-state index >= 15 is 0 Å². The number of aryl methyl sites for hydroxylation is 1. The van der Waals surface area contributed by atoms with Gasteiger partial charge in [-0.15, -0.1) is 0 Å². The summed E-state index contributed by atoms with van der Waals surface area (Å²) in [5, 5.41) is 0.578. The number of hydrogen-bond donors (Lipinski definition) is 0. The minimum atomic E-state index is 0.560. The lowest BCUT2D eigenvalue weighted by Crippen LogP contribution is -2.13. The molecule has 3 atom stereocenters. The summed E-state index contributed by atoms with van der Waals surface area (Å²) in [5.74, 6) is 3.27. The minimum Gasteiger partial charge on any atom is -0.236 e. The van der Waals surface area contributed by atoms with Crippen LogP contribution in [0.5, 0.6) is 0 Å². The van der Waals surface area contributed by atoms with Crippen molar-refractivity contribution in [3.63, 3.8) is 0 Å². The van der Waals surface area contributed by atoms with Gasteiger partial charge in [0, 0.05) is 5.92 Å². The van der Waals surface area contributed by atoms with Gasteiger partial charge in [0.15, 0.2) is 0 Å². The fraction of sp³-hybridized carbons (Fsp3) is 0.692. The maximum absolute atomic E-state index is 6.18. The number of aromatic nitrogens is 2. The molecule has 0 aromatic carbocycles. The number of rotatable bonds is 2. The number of fused-ring (bicyclic) bond motifs is 2. The molecule has 17 heavy (non-hydrogen) atoms. The predicted molar refractivity (Wildman–Crippen MR) is 72.3 cm³/mol. The molecule has 92 valence electrons. The third kappa shape index (κ3) is 2.01. The molecular formula is C13H16BrClN2. The van der Waals surface area contributed by atoms with E-state index in [0.29, 0.717) is 11.1 Å². The van der Waals surface area contributed by atoms with Crippen LogP contribution in [0, 0.1) is 11.8 Å². The quantitative estimate of drug-likeness (QED) is 0.758. The molecule has 2 aliphatic rings. The Balaban J connectivity index is 1.95. The van der Waals surface area contributed by atoms with Gasteiger partial charge < -0.3 is 0 Å². The van der Waals surface area contributed by atoms with Crippen LogP contribution >= 0.6 is 27.5 Å². The van der Waals surface area contributed by atoms with Crippen molar-refractivity contribution in [3.05, 3.63) is 21.1 Å². The Kier molecular flexibility index (Phi) is 3.16. The lowest BCUT2D eigenvalue weighted by molar-refractivity contribution is 0.404. The highest BCUT2D eigenvalue weighted by molar-refractivity contribution is 9.10. The first-order chi connectivity index (χ1) is 8.19. The van der Waals surface area contributed by atoms with Crippen molar-refractivity contribution in [2.75, 3.05) is 0 Å². The zero-order valence-electron chi connectivity index (χ0n) is 9.92.